The lowest BCUT2D eigenvalue weighted by Crippen LogP contribution is -2.23. The third-order valence-corrected chi connectivity index (χ3v) is 5.26. The van der Waals surface area contributed by atoms with Crippen LogP contribution in [0.25, 0.3) is 11.3 Å². The van der Waals surface area contributed by atoms with Gasteiger partial charge >= 0.3 is 5.97 Å². The molecule has 0 atom stereocenters. The highest BCUT2D eigenvalue weighted by Gasteiger charge is 2.12. The maximum absolute atomic E-state index is 12.0. The van der Waals surface area contributed by atoms with E-state index in [4.69, 9.17) is 32.7 Å². The van der Waals surface area contributed by atoms with Crippen molar-refractivity contribution in [2.45, 2.75) is 0 Å². The second-order valence-corrected chi connectivity index (χ2v) is 8.24. The third-order valence-electron chi connectivity index (χ3n) is 3.47. The molecule has 29 heavy (non-hydrogen) atoms. The Labute approximate surface area is 188 Å². The van der Waals surface area contributed by atoms with E-state index in [9.17, 15) is 9.59 Å². The van der Waals surface area contributed by atoms with Gasteiger partial charge in [-0.1, -0.05) is 51.3 Å². The van der Waals surface area contributed by atoms with Gasteiger partial charge < -0.3 is 9.47 Å². The maximum Gasteiger partial charge on any atom is 0.344 e. The molecule has 0 aliphatic rings. The zero-order valence-corrected chi connectivity index (χ0v) is 18.6. The molecule has 1 N–H and O–H groups in total. The van der Waals surface area contributed by atoms with Crippen molar-refractivity contribution >= 4 is 67.5 Å². The van der Waals surface area contributed by atoms with Gasteiger partial charge in [0.1, 0.15) is 5.75 Å². The first-order chi connectivity index (χ1) is 13.9. The normalized spacial score (nSPS) is 10.4. The van der Waals surface area contributed by atoms with E-state index in [0.29, 0.717) is 15.9 Å². The van der Waals surface area contributed by atoms with Crippen LogP contribution in [0.15, 0.2) is 52.3 Å². The highest BCUT2D eigenvalue weighted by Crippen LogP contribution is 2.28. The maximum atomic E-state index is 12.0. The van der Waals surface area contributed by atoms with Crippen LogP contribution in [-0.2, 0) is 14.3 Å². The quantitative estimate of drug-likeness (QED) is 0.424. The Balaban J connectivity index is 1.45. The Kier molecular flexibility index (Phi) is 7.49. The number of anilines is 1. The lowest BCUT2D eigenvalue weighted by Gasteiger charge is -2.08. The lowest BCUT2D eigenvalue weighted by atomic mass is 10.2. The number of amides is 1. The number of nitrogens with one attached hydrogen (secondary N) is 1. The Morgan fingerprint density at radius 2 is 1.97 bits per heavy atom. The van der Waals surface area contributed by atoms with E-state index in [0.717, 1.165) is 15.7 Å². The lowest BCUT2D eigenvalue weighted by molar-refractivity contribution is -0.149. The van der Waals surface area contributed by atoms with Gasteiger partial charge in [0.05, 0.1) is 10.7 Å². The third kappa shape index (κ3) is 6.43. The summed E-state index contributed by atoms with van der Waals surface area (Å²) in [6.45, 7) is -0.846. The monoisotopic (exact) mass is 514 g/mol. The zero-order valence-electron chi connectivity index (χ0n) is 14.7. The Bertz CT molecular complexity index is 1040. The molecule has 0 spiro atoms. The van der Waals surface area contributed by atoms with Crippen LogP contribution < -0.4 is 10.1 Å². The van der Waals surface area contributed by atoms with Gasteiger partial charge in [0.2, 0.25) is 0 Å². The second-order valence-electron chi connectivity index (χ2n) is 5.62. The molecule has 0 saturated carbocycles. The van der Waals surface area contributed by atoms with Crippen LogP contribution in [0.1, 0.15) is 0 Å². The molecular weight excluding hydrogens is 503 g/mol. The summed E-state index contributed by atoms with van der Waals surface area (Å²) in [5.41, 5.74) is 1.65. The number of carbonyl (C=O) groups excluding carboxylic acids is 2. The Morgan fingerprint density at radius 3 is 2.72 bits per heavy atom. The van der Waals surface area contributed by atoms with Gasteiger partial charge in [-0.25, -0.2) is 9.78 Å². The summed E-state index contributed by atoms with van der Waals surface area (Å²) < 4.78 is 11.1. The summed E-state index contributed by atoms with van der Waals surface area (Å²) in [5, 5.41) is 5.55. The molecule has 10 heteroatoms. The highest BCUT2D eigenvalue weighted by atomic mass is 79.9. The molecule has 1 aromatic heterocycles. The van der Waals surface area contributed by atoms with Crippen LogP contribution in [0.3, 0.4) is 0 Å². The van der Waals surface area contributed by atoms with E-state index in [-0.39, 0.29) is 11.6 Å². The van der Waals surface area contributed by atoms with Crippen molar-refractivity contribution in [3.05, 3.63) is 62.4 Å². The van der Waals surface area contributed by atoms with Crippen LogP contribution in [-0.4, -0.2) is 30.1 Å². The molecule has 0 radical (unpaired) electrons. The number of nitrogens with zero attached hydrogens (tertiary/aromatic N) is 1. The summed E-state index contributed by atoms with van der Waals surface area (Å²) in [6, 6.07) is 12.3. The van der Waals surface area contributed by atoms with Crippen molar-refractivity contribution in [3.63, 3.8) is 0 Å². The fourth-order valence-corrected chi connectivity index (χ4v) is 3.78. The molecule has 0 bridgehead atoms. The molecule has 150 valence electrons. The molecule has 6 nitrogen and oxygen atoms in total. The summed E-state index contributed by atoms with van der Waals surface area (Å²) in [6.07, 6.45) is 0. The largest absolute Gasteiger partial charge is 0.480 e. The van der Waals surface area contributed by atoms with Crippen molar-refractivity contribution in [1.82, 2.24) is 4.98 Å². The van der Waals surface area contributed by atoms with Crippen molar-refractivity contribution in [1.29, 1.82) is 0 Å². The molecule has 3 aromatic rings. The van der Waals surface area contributed by atoms with Crippen molar-refractivity contribution in [2.75, 3.05) is 18.5 Å². The Hall–Kier alpha value is -2.13. The molecule has 2 aromatic carbocycles. The predicted octanol–water partition coefficient (Wildman–Crippen LogP) is 5.44. The number of carbonyl (C=O) groups is 2. The fraction of sp³-hybridized carbons (Fsp3) is 0.105. The first-order valence-corrected chi connectivity index (χ1v) is 10.6. The van der Waals surface area contributed by atoms with Crippen LogP contribution in [0.5, 0.6) is 5.75 Å². The fourth-order valence-electron chi connectivity index (χ4n) is 2.18. The van der Waals surface area contributed by atoms with Gasteiger partial charge in [-0.3, -0.25) is 10.1 Å². The minimum Gasteiger partial charge on any atom is -0.480 e. The molecule has 0 aliphatic heterocycles. The van der Waals surface area contributed by atoms with Gasteiger partial charge in [-0.2, -0.15) is 0 Å². The zero-order chi connectivity index (χ0) is 20.8. The van der Waals surface area contributed by atoms with Gasteiger partial charge in [0, 0.05) is 20.4 Å². The van der Waals surface area contributed by atoms with Crippen molar-refractivity contribution in [3.8, 4) is 17.0 Å². The number of esters is 1. The van der Waals surface area contributed by atoms with Gasteiger partial charge in [0.15, 0.2) is 18.3 Å². The van der Waals surface area contributed by atoms with Gasteiger partial charge in [0.25, 0.3) is 5.91 Å². The molecule has 0 saturated heterocycles. The Morgan fingerprint density at radius 1 is 1.14 bits per heavy atom. The molecular formula is C19H13BrCl2N2O4S. The SMILES string of the molecule is O=C(COC(=O)COc1ccc(Cl)cc1Cl)Nc1nc(-c2cccc(Br)c2)cs1. The first kappa shape index (κ1) is 21.6. The van der Waals surface area contributed by atoms with E-state index in [1.165, 1.54) is 23.5 Å². The van der Waals surface area contributed by atoms with E-state index in [1.807, 2.05) is 29.6 Å². The van der Waals surface area contributed by atoms with Crippen LogP contribution in [0.2, 0.25) is 10.0 Å². The summed E-state index contributed by atoms with van der Waals surface area (Å²) in [4.78, 5) is 28.1. The summed E-state index contributed by atoms with van der Waals surface area (Å²) >= 11 is 16.4. The minimum atomic E-state index is -0.708. The minimum absolute atomic E-state index is 0.271. The number of aromatic nitrogens is 1. The van der Waals surface area contributed by atoms with Gasteiger partial charge in [-0.05, 0) is 30.3 Å². The van der Waals surface area contributed by atoms with E-state index >= 15 is 0 Å². The summed E-state index contributed by atoms with van der Waals surface area (Å²) in [5.74, 6) is -0.918. The van der Waals surface area contributed by atoms with Crippen LogP contribution in [0, 0.1) is 0 Å². The highest BCUT2D eigenvalue weighted by molar-refractivity contribution is 9.10. The predicted molar refractivity (Wildman–Crippen MR) is 117 cm³/mol. The number of rotatable bonds is 7. The number of hydrogen-bond donors (Lipinski definition) is 1. The van der Waals surface area contributed by atoms with E-state index < -0.39 is 18.5 Å². The number of thiazole rings is 1. The van der Waals surface area contributed by atoms with Crippen molar-refractivity contribution in [2.24, 2.45) is 0 Å². The van der Waals surface area contributed by atoms with Crippen molar-refractivity contribution < 1.29 is 19.1 Å². The smallest absolute Gasteiger partial charge is 0.344 e. The average Bonchev–Trinajstić information content (AvgIpc) is 3.14. The second kappa shape index (κ2) is 10.1. The van der Waals surface area contributed by atoms with E-state index in [1.54, 1.807) is 6.07 Å². The first-order valence-electron chi connectivity index (χ1n) is 8.15. The summed E-state index contributed by atoms with van der Waals surface area (Å²) in [7, 11) is 0. The standard InChI is InChI=1S/C19H13BrCl2N2O4S/c20-12-3-1-2-11(6-12)15-10-29-19(23-15)24-17(25)8-28-18(26)9-27-16-5-4-13(21)7-14(16)22/h1-7,10H,8-9H2,(H,23,24,25). The average molecular weight is 516 g/mol. The number of hydrogen-bond acceptors (Lipinski definition) is 6. The van der Waals surface area contributed by atoms with E-state index in [2.05, 4.69) is 26.2 Å². The molecule has 3 rings (SSSR count). The molecule has 0 unspecified atom stereocenters. The number of benzene rings is 2. The number of halogens is 3. The molecule has 1 heterocycles. The van der Waals surface area contributed by atoms with Gasteiger partial charge in [-0.15, -0.1) is 11.3 Å². The molecule has 0 fully saturated rings. The van der Waals surface area contributed by atoms with Crippen LogP contribution >= 0.6 is 50.5 Å². The number of ether oxygens (including phenoxy) is 2. The molecule has 1 amide bonds. The topological polar surface area (TPSA) is 77.5 Å². The molecule has 0 aliphatic carbocycles. The van der Waals surface area contributed by atoms with Crippen LogP contribution in [0.4, 0.5) is 5.13 Å².